The number of carbonyl (C=O) groups is 1. The molecule has 3 aromatic rings. The molecule has 1 aliphatic heterocycles. The molecule has 29 heavy (non-hydrogen) atoms. The highest BCUT2D eigenvalue weighted by molar-refractivity contribution is 5.83. The predicted octanol–water partition coefficient (Wildman–Crippen LogP) is 1.54. The molecule has 0 radical (unpaired) electrons. The number of benzene rings is 2. The molecule has 1 amide bonds. The van der Waals surface area contributed by atoms with E-state index in [1.54, 1.807) is 18.3 Å². The maximum Gasteiger partial charge on any atom is 0.274 e. The first-order valence-corrected chi connectivity index (χ1v) is 9.33. The minimum absolute atomic E-state index is 0.164. The Morgan fingerprint density at radius 1 is 1.21 bits per heavy atom. The molecule has 0 saturated heterocycles. The van der Waals surface area contributed by atoms with Crippen LogP contribution >= 0.6 is 0 Å². The Morgan fingerprint density at radius 3 is 2.83 bits per heavy atom. The average Bonchev–Trinajstić information content (AvgIpc) is 3.18. The minimum atomic E-state index is -0.495. The zero-order valence-electron chi connectivity index (χ0n) is 16.3. The van der Waals surface area contributed by atoms with E-state index in [0.717, 1.165) is 10.9 Å². The average molecular weight is 394 g/mol. The van der Waals surface area contributed by atoms with Gasteiger partial charge in [-0.05, 0) is 37.9 Å². The molecule has 1 atom stereocenters. The number of amides is 1. The molecule has 0 unspecified atom stereocenters. The van der Waals surface area contributed by atoms with Crippen molar-refractivity contribution in [2.24, 2.45) is 0 Å². The summed E-state index contributed by atoms with van der Waals surface area (Å²) in [4.78, 5) is 27.2. The van der Waals surface area contributed by atoms with E-state index in [0.29, 0.717) is 23.4 Å². The molecular formula is C21H22N4O4. The number of aromatic nitrogens is 2. The molecule has 8 nitrogen and oxygen atoms in total. The van der Waals surface area contributed by atoms with Crippen molar-refractivity contribution in [3.8, 4) is 11.5 Å². The molecule has 2 heterocycles. The van der Waals surface area contributed by atoms with Gasteiger partial charge in [0.25, 0.3) is 5.56 Å². The van der Waals surface area contributed by atoms with Gasteiger partial charge >= 0.3 is 0 Å². The summed E-state index contributed by atoms with van der Waals surface area (Å²) in [6.45, 7) is 0.765. The van der Waals surface area contributed by atoms with Crippen LogP contribution in [0, 0.1) is 0 Å². The van der Waals surface area contributed by atoms with Crippen molar-refractivity contribution in [3.05, 3.63) is 64.6 Å². The zero-order valence-corrected chi connectivity index (χ0v) is 16.3. The third-order valence-electron chi connectivity index (χ3n) is 4.86. The SMILES string of the molecule is CN(C)[C@@H](C(=O)NCCn1ncc2ccccc2c1=O)c1ccc2c(c1)OCO2. The molecule has 1 N–H and O–H groups in total. The van der Waals surface area contributed by atoms with Crippen LogP contribution in [0.4, 0.5) is 0 Å². The normalized spacial score (nSPS) is 13.6. The first-order chi connectivity index (χ1) is 14.0. The fourth-order valence-electron chi connectivity index (χ4n) is 3.44. The predicted molar refractivity (Wildman–Crippen MR) is 108 cm³/mol. The summed E-state index contributed by atoms with van der Waals surface area (Å²) in [6.07, 6.45) is 1.66. The van der Waals surface area contributed by atoms with Crippen molar-refractivity contribution in [2.45, 2.75) is 12.6 Å². The first kappa shape index (κ1) is 18.9. The smallest absolute Gasteiger partial charge is 0.274 e. The summed E-state index contributed by atoms with van der Waals surface area (Å²) in [6, 6.07) is 12.3. The highest BCUT2D eigenvalue weighted by Gasteiger charge is 2.25. The molecule has 150 valence electrons. The summed E-state index contributed by atoms with van der Waals surface area (Å²) < 4.78 is 12.1. The lowest BCUT2D eigenvalue weighted by Crippen LogP contribution is -2.39. The van der Waals surface area contributed by atoms with Gasteiger partial charge in [0.2, 0.25) is 12.7 Å². The highest BCUT2D eigenvalue weighted by Crippen LogP contribution is 2.35. The van der Waals surface area contributed by atoms with Crippen LogP contribution in [0.5, 0.6) is 11.5 Å². The van der Waals surface area contributed by atoms with Gasteiger partial charge in [-0.15, -0.1) is 0 Å². The second-order valence-corrected chi connectivity index (χ2v) is 7.03. The van der Waals surface area contributed by atoms with Gasteiger partial charge in [0.15, 0.2) is 11.5 Å². The van der Waals surface area contributed by atoms with Gasteiger partial charge in [-0.3, -0.25) is 14.5 Å². The zero-order chi connectivity index (χ0) is 20.4. The van der Waals surface area contributed by atoms with E-state index in [1.807, 2.05) is 49.3 Å². The lowest BCUT2D eigenvalue weighted by molar-refractivity contribution is -0.125. The first-order valence-electron chi connectivity index (χ1n) is 9.33. The molecular weight excluding hydrogens is 372 g/mol. The summed E-state index contributed by atoms with van der Waals surface area (Å²) in [5.74, 6) is 1.14. The minimum Gasteiger partial charge on any atom is -0.454 e. The molecule has 1 aliphatic rings. The molecule has 4 rings (SSSR count). The lowest BCUT2D eigenvalue weighted by Gasteiger charge is -2.24. The van der Waals surface area contributed by atoms with Gasteiger partial charge in [0, 0.05) is 11.9 Å². The molecule has 8 heteroatoms. The number of hydrogen-bond acceptors (Lipinski definition) is 6. The van der Waals surface area contributed by atoms with Crippen molar-refractivity contribution in [1.29, 1.82) is 0 Å². The standard InChI is InChI=1S/C21H22N4O4/c1-24(2)19(14-7-8-17-18(11-14)29-13-28-17)20(26)22-9-10-25-21(27)16-6-4-3-5-15(16)12-23-25/h3-8,11-12,19H,9-10,13H2,1-2H3,(H,22,26)/t19-/m1/s1. The van der Waals surface area contributed by atoms with Crippen LogP contribution in [-0.4, -0.2) is 48.0 Å². The molecule has 0 saturated carbocycles. The number of hydrogen-bond donors (Lipinski definition) is 1. The van der Waals surface area contributed by atoms with E-state index in [2.05, 4.69) is 10.4 Å². The van der Waals surface area contributed by atoms with Gasteiger partial charge in [0.05, 0.1) is 18.1 Å². The van der Waals surface area contributed by atoms with Crippen molar-refractivity contribution in [3.63, 3.8) is 0 Å². The number of nitrogens with zero attached hydrogens (tertiary/aromatic N) is 3. The Labute approximate surface area is 167 Å². The van der Waals surface area contributed by atoms with Crippen LogP contribution in [0.2, 0.25) is 0 Å². The van der Waals surface area contributed by atoms with Crippen LogP contribution in [0.3, 0.4) is 0 Å². The maximum atomic E-state index is 12.8. The fourth-order valence-corrected chi connectivity index (χ4v) is 3.44. The van der Waals surface area contributed by atoms with E-state index < -0.39 is 6.04 Å². The third-order valence-corrected chi connectivity index (χ3v) is 4.86. The van der Waals surface area contributed by atoms with Gasteiger partial charge in [0.1, 0.15) is 6.04 Å². The molecule has 1 aromatic heterocycles. The molecule has 2 aromatic carbocycles. The Kier molecular flexibility index (Phi) is 5.18. The van der Waals surface area contributed by atoms with Crippen LogP contribution in [-0.2, 0) is 11.3 Å². The third kappa shape index (κ3) is 3.79. The van der Waals surface area contributed by atoms with E-state index in [1.165, 1.54) is 4.68 Å². The molecule has 0 aliphatic carbocycles. The monoisotopic (exact) mass is 394 g/mol. The Morgan fingerprint density at radius 2 is 2.00 bits per heavy atom. The van der Waals surface area contributed by atoms with Crippen LogP contribution < -0.4 is 20.3 Å². The largest absolute Gasteiger partial charge is 0.454 e. The van der Waals surface area contributed by atoms with Crippen LogP contribution in [0.15, 0.2) is 53.5 Å². The lowest BCUT2D eigenvalue weighted by atomic mass is 10.0. The summed E-state index contributed by atoms with van der Waals surface area (Å²) >= 11 is 0. The van der Waals surface area contributed by atoms with E-state index in [4.69, 9.17) is 9.47 Å². The van der Waals surface area contributed by atoms with Gasteiger partial charge in [-0.2, -0.15) is 5.10 Å². The molecule has 0 spiro atoms. The second kappa shape index (κ2) is 7.92. The number of ether oxygens (including phenoxy) is 2. The van der Waals surface area contributed by atoms with Crippen LogP contribution in [0.1, 0.15) is 11.6 Å². The number of carbonyl (C=O) groups excluding carboxylic acids is 1. The number of rotatable bonds is 6. The van der Waals surface area contributed by atoms with E-state index >= 15 is 0 Å². The second-order valence-electron chi connectivity index (χ2n) is 7.03. The summed E-state index contributed by atoms with van der Waals surface area (Å²) in [5.41, 5.74) is 0.634. The Hall–Kier alpha value is -3.39. The van der Waals surface area contributed by atoms with Crippen LogP contribution in [0.25, 0.3) is 10.8 Å². The topological polar surface area (TPSA) is 85.7 Å². The highest BCUT2D eigenvalue weighted by atomic mass is 16.7. The Bertz CT molecular complexity index is 1110. The van der Waals surface area contributed by atoms with Crippen molar-refractivity contribution in [1.82, 2.24) is 20.0 Å². The van der Waals surface area contributed by atoms with Crippen molar-refractivity contribution >= 4 is 16.7 Å². The van der Waals surface area contributed by atoms with Gasteiger partial charge in [-0.25, -0.2) is 4.68 Å². The number of fused-ring (bicyclic) bond motifs is 2. The van der Waals surface area contributed by atoms with Crippen molar-refractivity contribution in [2.75, 3.05) is 27.4 Å². The van der Waals surface area contributed by atoms with Gasteiger partial charge in [-0.1, -0.05) is 24.3 Å². The number of likely N-dealkylation sites (N-methyl/N-ethyl adjacent to an activating group) is 1. The van der Waals surface area contributed by atoms with E-state index in [9.17, 15) is 9.59 Å². The Balaban J connectivity index is 1.45. The quantitative estimate of drug-likeness (QED) is 0.683. The maximum absolute atomic E-state index is 12.8. The summed E-state index contributed by atoms with van der Waals surface area (Å²) in [7, 11) is 3.68. The van der Waals surface area contributed by atoms with Crippen molar-refractivity contribution < 1.29 is 14.3 Å². The summed E-state index contributed by atoms with van der Waals surface area (Å²) in [5, 5.41) is 8.51. The number of nitrogens with one attached hydrogen (secondary N) is 1. The molecule has 0 fully saturated rings. The molecule has 0 bridgehead atoms. The fraction of sp³-hybridized carbons (Fsp3) is 0.286. The van der Waals surface area contributed by atoms with Gasteiger partial charge < -0.3 is 14.8 Å². The van der Waals surface area contributed by atoms with E-state index in [-0.39, 0.29) is 24.8 Å².